The van der Waals surface area contributed by atoms with Crippen molar-refractivity contribution < 1.29 is 13.6 Å². The van der Waals surface area contributed by atoms with Gasteiger partial charge in [-0.25, -0.2) is 9.37 Å². The zero-order valence-corrected chi connectivity index (χ0v) is 14.2. The number of halogens is 1. The van der Waals surface area contributed by atoms with Gasteiger partial charge in [-0.05, 0) is 43.5 Å². The molecule has 2 N–H and O–H groups in total. The normalized spacial score (nSPS) is 11.2. The van der Waals surface area contributed by atoms with Crippen LogP contribution in [0.3, 0.4) is 0 Å². The molecule has 0 unspecified atom stereocenters. The van der Waals surface area contributed by atoms with Gasteiger partial charge in [0, 0.05) is 24.5 Å². The average Bonchev–Trinajstić information content (AvgIpc) is 3.04. The minimum atomic E-state index is -0.333. The zero-order chi connectivity index (χ0) is 17.4. The van der Waals surface area contributed by atoms with Crippen LogP contribution in [0.15, 0.2) is 16.5 Å². The van der Waals surface area contributed by atoms with Gasteiger partial charge in [0.15, 0.2) is 11.6 Å². The highest BCUT2D eigenvalue weighted by atomic mass is 19.1. The fourth-order valence-corrected chi connectivity index (χ4v) is 3.01. The van der Waals surface area contributed by atoms with Gasteiger partial charge in [0.05, 0.1) is 5.52 Å². The third-order valence-electron chi connectivity index (χ3n) is 4.23. The van der Waals surface area contributed by atoms with E-state index < -0.39 is 0 Å². The molecule has 2 aromatic heterocycles. The molecule has 1 aromatic carbocycles. The number of carbonyl (C=O) groups excluding carboxylic acids is 1. The molecule has 1 amide bonds. The van der Waals surface area contributed by atoms with Gasteiger partial charge in [-0.1, -0.05) is 6.92 Å². The fraction of sp³-hybridized carbons (Fsp3) is 0.333. The van der Waals surface area contributed by atoms with E-state index in [4.69, 9.17) is 4.42 Å². The molecule has 126 valence electrons. The zero-order valence-electron chi connectivity index (χ0n) is 14.2. The van der Waals surface area contributed by atoms with Crippen LogP contribution >= 0.6 is 0 Å². The number of hydrogen-bond acceptors (Lipinski definition) is 3. The molecule has 0 aliphatic carbocycles. The molecule has 0 fully saturated rings. The van der Waals surface area contributed by atoms with Crippen molar-refractivity contribution >= 4 is 16.8 Å². The van der Waals surface area contributed by atoms with Gasteiger partial charge in [0.2, 0.25) is 0 Å². The third kappa shape index (κ3) is 2.79. The molecular weight excluding hydrogens is 309 g/mol. The molecule has 6 heteroatoms. The lowest BCUT2D eigenvalue weighted by Crippen LogP contribution is -2.24. The van der Waals surface area contributed by atoms with Gasteiger partial charge < -0.3 is 14.7 Å². The van der Waals surface area contributed by atoms with Crippen molar-refractivity contribution in [1.29, 1.82) is 0 Å². The van der Waals surface area contributed by atoms with Gasteiger partial charge in [-0.15, -0.1) is 0 Å². The molecule has 0 aliphatic rings. The number of hydrogen-bond donors (Lipinski definition) is 2. The number of aryl methyl sites for hydroxylation is 4. The summed E-state index contributed by atoms with van der Waals surface area (Å²) in [5.74, 6) is 0.266. The number of nitrogens with one attached hydrogen (secondary N) is 2. The summed E-state index contributed by atoms with van der Waals surface area (Å²) in [6, 6.07) is 2.97. The standard InChI is InChI=1S/C18H20FN3O2/c1-5-15-9(2)14-7-13(19)6-12(17(14)22-15)8-20-18(23)16-10(3)24-11(4)21-16/h6-7,22H,5,8H2,1-4H3,(H,20,23). The highest BCUT2D eigenvalue weighted by Gasteiger charge is 2.17. The molecular formula is C18H20FN3O2. The number of H-pyrrole nitrogens is 1. The summed E-state index contributed by atoms with van der Waals surface area (Å²) in [5.41, 5.74) is 3.95. The number of aromatic amines is 1. The van der Waals surface area contributed by atoms with E-state index in [0.717, 1.165) is 28.6 Å². The number of nitrogens with zero attached hydrogens (tertiary/aromatic N) is 1. The monoisotopic (exact) mass is 329 g/mol. The lowest BCUT2D eigenvalue weighted by molar-refractivity contribution is 0.0945. The van der Waals surface area contributed by atoms with Crippen LogP contribution in [0.2, 0.25) is 0 Å². The van der Waals surface area contributed by atoms with E-state index in [1.165, 1.54) is 12.1 Å². The first-order valence-corrected chi connectivity index (χ1v) is 7.92. The Morgan fingerprint density at radius 1 is 1.33 bits per heavy atom. The Hall–Kier alpha value is -2.63. The Labute approximate surface area is 139 Å². The fourth-order valence-electron chi connectivity index (χ4n) is 3.01. The van der Waals surface area contributed by atoms with E-state index >= 15 is 0 Å². The number of benzene rings is 1. The summed E-state index contributed by atoms with van der Waals surface area (Å²) in [6.07, 6.45) is 0.839. The van der Waals surface area contributed by atoms with Crippen LogP contribution in [-0.2, 0) is 13.0 Å². The second-order valence-electron chi connectivity index (χ2n) is 5.89. The van der Waals surface area contributed by atoms with Crippen molar-refractivity contribution in [3.05, 3.63) is 52.1 Å². The van der Waals surface area contributed by atoms with E-state index in [9.17, 15) is 9.18 Å². The van der Waals surface area contributed by atoms with Crippen molar-refractivity contribution in [2.45, 2.75) is 40.7 Å². The van der Waals surface area contributed by atoms with Gasteiger partial charge >= 0.3 is 0 Å². The van der Waals surface area contributed by atoms with Gasteiger partial charge in [-0.3, -0.25) is 4.79 Å². The smallest absolute Gasteiger partial charge is 0.273 e. The van der Waals surface area contributed by atoms with Crippen LogP contribution in [0, 0.1) is 26.6 Å². The maximum atomic E-state index is 14.0. The maximum absolute atomic E-state index is 14.0. The lowest BCUT2D eigenvalue weighted by atomic mass is 10.1. The van der Waals surface area contributed by atoms with Crippen molar-refractivity contribution in [3.63, 3.8) is 0 Å². The molecule has 2 heterocycles. The molecule has 0 saturated carbocycles. The lowest BCUT2D eigenvalue weighted by Gasteiger charge is -2.06. The van der Waals surface area contributed by atoms with Crippen molar-refractivity contribution in [3.8, 4) is 0 Å². The van der Waals surface area contributed by atoms with Crippen LogP contribution in [0.5, 0.6) is 0 Å². The van der Waals surface area contributed by atoms with Crippen molar-refractivity contribution in [2.24, 2.45) is 0 Å². The largest absolute Gasteiger partial charge is 0.445 e. The molecule has 24 heavy (non-hydrogen) atoms. The van der Waals surface area contributed by atoms with Gasteiger partial charge in [-0.2, -0.15) is 0 Å². The topological polar surface area (TPSA) is 70.9 Å². The van der Waals surface area contributed by atoms with Crippen LogP contribution < -0.4 is 5.32 Å². The van der Waals surface area contributed by atoms with Crippen LogP contribution in [0.1, 0.15) is 45.9 Å². The van der Waals surface area contributed by atoms with E-state index in [0.29, 0.717) is 17.2 Å². The van der Waals surface area contributed by atoms with E-state index in [-0.39, 0.29) is 24.0 Å². The van der Waals surface area contributed by atoms with Crippen molar-refractivity contribution in [2.75, 3.05) is 0 Å². The Kier molecular flexibility index (Phi) is 4.13. The van der Waals surface area contributed by atoms with Crippen molar-refractivity contribution in [1.82, 2.24) is 15.3 Å². The Balaban J connectivity index is 1.90. The molecule has 0 atom stereocenters. The third-order valence-corrected chi connectivity index (χ3v) is 4.23. The van der Waals surface area contributed by atoms with Crippen LogP contribution in [0.4, 0.5) is 4.39 Å². The number of rotatable bonds is 4. The van der Waals surface area contributed by atoms with E-state index in [1.54, 1.807) is 13.8 Å². The van der Waals surface area contributed by atoms with Crippen LogP contribution in [0.25, 0.3) is 10.9 Å². The Bertz CT molecular complexity index is 924. The maximum Gasteiger partial charge on any atom is 0.273 e. The molecule has 0 aliphatic heterocycles. The highest BCUT2D eigenvalue weighted by molar-refractivity contribution is 5.93. The second-order valence-corrected chi connectivity index (χ2v) is 5.89. The summed E-state index contributed by atoms with van der Waals surface area (Å²) < 4.78 is 19.2. The minimum absolute atomic E-state index is 0.210. The van der Waals surface area contributed by atoms with Gasteiger partial charge in [0.25, 0.3) is 5.91 Å². The number of aromatic nitrogens is 2. The molecule has 0 saturated heterocycles. The predicted octanol–water partition coefficient (Wildman–Crippen LogP) is 3.71. The predicted molar refractivity (Wildman–Crippen MR) is 89.5 cm³/mol. The first kappa shape index (κ1) is 16.2. The molecule has 0 spiro atoms. The quantitative estimate of drug-likeness (QED) is 0.766. The number of amides is 1. The number of oxazole rings is 1. The first-order valence-electron chi connectivity index (χ1n) is 7.92. The first-order chi connectivity index (χ1) is 11.4. The minimum Gasteiger partial charge on any atom is -0.445 e. The Morgan fingerprint density at radius 2 is 2.08 bits per heavy atom. The summed E-state index contributed by atoms with van der Waals surface area (Å²) in [5, 5.41) is 3.64. The molecule has 3 rings (SSSR count). The second kappa shape index (κ2) is 6.11. The van der Waals surface area contributed by atoms with Gasteiger partial charge in [0.1, 0.15) is 11.6 Å². The Morgan fingerprint density at radius 3 is 2.71 bits per heavy atom. The molecule has 5 nitrogen and oxygen atoms in total. The average molecular weight is 329 g/mol. The highest BCUT2D eigenvalue weighted by Crippen LogP contribution is 2.26. The summed E-state index contributed by atoms with van der Waals surface area (Å²) >= 11 is 0. The SMILES string of the molecule is CCc1[nH]c2c(CNC(=O)c3nc(C)oc3C)cc(F)cc2c1C. The number of fused-ring (bicyclic) bond motifs is 1. The molecule has 0 bridgehead atoms. The summed E-state index contributed by atoms with van der Waals surface area (Å²) in [6.45, 7) is 7.61. The molecule has 0 radical (unpaired) electrons. The van der Waals surface area contributed by atoms with E-state index in [2.05, 4.69) is 15.3 Å². The van der Waals surface area contributed by atoms with E-state index in [1.807, 2.05) is 13.8 Å². The summed E-state index contributed by atoms with van der Waals surface area (Å²) in [7, 11) is 0. The summed E-state index contributed by atoms with van der Waals surface area (Å²) in [4.78, 5) is 19.7. The van der Waals surface area contributed by atoms with Crippen LogP contribution in [-0.4, -0.2) is 15.9 Å². The molecule has 3 aromatic rings. The number of carbonyl (C=O) groups is 1.